The quantitative estimate of drug-likeness (QED) is 0.107. The first-order chi connectivity index (χ1) is 28.9. The Morgan fingerprint density at radius 1 is 0.672 bits per heavy atom. The molecule has 0 aliphatic carbocycles. The van der Waals surface area contributed by atoms with Gasteiger partial charge in [0.25, 0.3) is 0 Å². The molecule has 6 heteroatoms. The summed E-state index contributed by atoms with van der Waals surface area (Å²) >= 11 is -0.0250. The number of rotatable bonds is 9. The van der Waals surface area contributed by atoms with Gasteiger partial charge < -0.3 is 4.57 Å². The van der Waals surface area contributed by atoms with Crippen LogP contribution in [0.1, 0.15) is 70.1 Å². The Morgan fingerprint density at radius 2 is 1.34 bits per heavy atom. The second-order valence-electron chi connectivity index (χ2n) is 18.0. The molecule has 3 heterocycles. The number of fused-ring (bicyclic) bond motifs is 4. The van der Waals surface area contributed by atoms with Crippen molar-refractivity contribution in [3.8, 4) is 39.5 Å². The van der Waals surface area contributed by atoms with E-state index in [0.717, 1.165) is 40.1 Å². The predicted molar refractivity (Wildman–Crippen MR) is 262 cm³/mol. The molecule has 0 bridgehead atoms. The van der Waals surface area contributed by atoms with Gasteiger partial charge >= 0.3 is 126 Å². The Morgan fingerprint density at radius 3 is 2.02 bits per heavy atom. The normalized spacial score (nSPS) is 11.7. The zero-order chi connectivity index (χ0) is 42.1. The van der Waals surface area contributed by atoms with E-state index in [2.05, 4.69) is 197 Å². The summed E-state index contributed by atoms with van der Waals surface area (Å²) in [5.41, 5.74) is 13.2. The number of imidazole rings is 1. The molecule has 0 saturated carbocycles. The molecule has 1 radical (unpaired) electrons. The summed E-state index contributed by atoms with van der Waals surface area (Å²) in [5, 5.41) is 2.55. The van der Waals surface area contributed by atoms with Gasteiger partial charge in [0.15, 0.2) is 0 Å². The van der Waals surface area contributed by atoms with Gasteiger partial charge in [-0.15, -0.1) is 18.2 Å². The summed E-state index contributed by atoms with van der Waals surface area (Å²) in [6.07, 6.45) is 3.27. The molecule has 0 spiro atoms. The minimum absolute atomic E-state index is 0. The summed E-state index contributed by atoms with van der Waals surface area (Å²) in [4.78, 5) is 10.00. The van der Waals surface area contributed by atoms with Gasteiger partial charge in [0.2, 0.25) is 0 Å². The van der Waals surface area contributed by atoms with Crippen LogP contribution in [0.25, 0.3) is 70.7 Å². The maximum Gasteiger partial charge on any atom is 0.0774 e. The molecular weight excluding hydrogens is 1000 g/mol. The van der Waals surface area contributed by atoms with Gasteiger partial charge in [-0.2, -0.15) is 11.3 Å². The molecule has 61 heavy (non-hydrogen) atoms. The van der Waals surface area contributed by atoms with Crippen molar-refractivity contribution in [1.29, 1.82) is 0 Å². The zero-order valence-corrected chi connectivity index (χ0v) is 42.1. The minimum atomic E-state index is -1.86. The van der Waals surface area contributed by atoms with E-state index in [1.165, 1.54) is 53.7 Å². The van der Waals surface area contributed by atoms with Crippen molar-refractivity contribution in [3.05, 3.63) is 168 Å². The van der Waals surface area contributed by atoms with Crippen molar-refractivity contribution >= 4 is 60.2 Å². The van der Waals surface area contributed by atoms with Gasteiger partial charge in [-0.1, -0.05) is 99.3 Å². The average Bonchev–Trinajstić information content (AvgIpc) is 3.82. The minimum Gasteiger partial charge on any atom is -0.333 e. The molecule has 0 N–H and O–H groups in total. The number of hydrogen-bond acceptors (Lipinski definition) is 3. The van der Waals surface area contributed by atoms with Crippen LogP contribution in [0, 0.1) is 18.1 Å². The second kappa shape index (κ2) is 18.8. The summed E-state index contributed by atoms with van der Waals surface area (Å²) in [5.74, 6) is 9.60. The van der Waals surface area contributed by atoms with Crippen LogP contribution >= 0.6 is 11.3 Å². The SMILES string of the molecule is CC(C)Cc1cc(-c2[c-]cccc2)nc[c]1[Ge]([CH3])([CH3])[CH3].CC(C)c1cc(-c2ccccc2)cc(C(C)C)c1-n1c(-c2[c-]ccc3c2sc2ccccc23)nc2ccccc21.[Ir]. The van der Waals surface area contributed by atoms with Gasteiger partial charge in [0, 0.05) is 30.5 Å². The molecule has 0 saturated heterocycles. The van der Waals surface area contributed by atoms with Crippen molar-refractivity contribution < 1.29 is 20.1 Å². The topological polar surface area (TPSA) is 30.7 Å². The van der Waals surface area contributed by atoms with Crippen LogP contribution in [0.4, 0.5) is 0 Å². The van der Waals surface area contributed by atoms with E-state index in [-0.39, 0.29) is 20.1 Å². The zero-order valence-electron chi connectivity index (χ0n) is 36.8. The van der Waals surface area contributed by atoms with Crippen LogP contribution in [0.3, 0.4) is 0 Å². The van der Waals surface area contributed by atoms with Crippen LogP contribution in [0.2, 0.25) is 17.3 Å². The molecule has 0 aliphatic rings. The summed E-state index contributed by atoms with van der Waals surface area (Å²) in [6, 6.07) is 54.3. The molecule has 6 aromatic carbocycles. The molecule has 9 rings (SSSR count). The summed E-state index contributed by atoms with van der Waals surface area (Å²) < 4.78 is 6.49. The predicted octanol–water partition coefficient (Wildman–Crippen LogP) is 15.1. The Kier molecular flexibility index (Phi) is 13.7. The van der Waals surface area contributed by atoms with E-state index < -0.39 is 13.3 Å². The summed E-state index contributed by atoms with van der Waals surface area (Å²) in [6.45, 7) is 13.8. The van der Waals surface area contributed by atoms with Gasteiger partial charge in [0.05, 0.1) is 16.9 Å². The molecular formula is C55H55GeIrN3S-2. The maximum absolute atomic E-state index is 5.30. The van der Waals surface area contributed by atoms with Crippen molar-refractivity contribution in [1.82, 2.24) is 14.5 Å². The fourth-order valence-electron chi connectivity index (χ4n) is 8.37. The number of nitrogens with zero attached hydrogens (tertiary/aromatic N) is 3. The molecule has 0 unspecified atom stereocenters. The first kappa shape index (κ1) is 44.4. The number of thiophene rings is 1. The van der Waals surface area contributed by atoms with E-state index in [1.807, 2.05) is 29.5 Å². The number of para-hydroxylation sites is 2. The molecule has 0 amide bonds. The fourth-order valence-corrected chi connectivity index (χ4v) is 12.9. The first-order valence-electron chi connectivity index (χ1n) is 21.4. The van der Waals surface area contributed by atoms with Crippen LogP contribution in [0.5, 0.6) is 0 Å². The molecule has 9 aromatic rings. The molecule has 0 atom stereocenters. The Labute approximate surface area is 383 Å². The number of hydrogen-bond donors (Lipinski definition) is 0. The Balaban J connectivity index is 0.000000226. The smallest absolute Gasteiger partial charge is 0.0774 e. The van der Waals surface area contributed by atoms with Gasteiger partial charge in [-0.25, -0.2) is 0 Å². The molecule has 311 valence electrons. The molecule has 0 aliphatic heterocycles. The summed E-state index contributed by atoms with van der Waals surface area (Å²) in [7, 11) is 0. The van der Waals surface area contributed by atoms with Gasteiger partial charge in [-0.3, -0.25) is 4.98 Å². The first-order valence-corrected chi connectivity index (χ1v) is 29.5. The number of pyridine rings is 1. The van der Waals surface area contributed by atoms with Crippen molar-refractivity contribution in [2.75, 3.05) is 0 Å². The molecule has 0 fully saturated rings. The van der Waals surface area contributed by atoms with Crippen LogP contribution in [-0.4, -0.2) is 27.8 Å². The standard InChI is InChI=1S/C37H31N2S.C18H24GeN.Ir/c1-23(2)30-21-26(25-13-6-5-7-14-25)22-31(24(3)4)35(30)39-33-19-10-9-18-32(33)38-37(39)29-17-12-16-28-27-15-8-11-20-34(27)40-36(28)29;1-14(2)11-16-12-18(15-9-7-6-8-10-15)20-13-17(16)19(3,4)5;/h5-16,18-24H,1-4H3;6-9,12-14H,11H2,1-5H3;/q2*-1;. The third-order valence-electron chi connectivity index (χ3n) is 11.3. The van der Waals surface area contributed by atoms with Gasteiger partial charge in [0.1, 0.15) is 0 Å². The van der Waals surface area contributed by atoms with Crippen LogP contribution in [-0.2, 0) is 26.5 Å². The van der Waals surface area contributed by atoms with Crippen molar-refractivity contribution in [2.45, 2.75) is 77.1 Å². The van der Waals surface area contributed by atoms with E-state index in [1.54, 1.807) is 4.40 Å². The Bertz CT molecular complexity index is 2890. The third kappa shape index (κ3) is 9.27. The largest absolute Gasteiger partial charge is 0.333 e. The Hall–Kier alpha value is -4.65. The van der Waals surface area contributed by atoms with Crippen LogP contribution < -0.4 is 4.40 Å². The fraction of sp³-hybridized carbons (Fsp3) is 0.236. The van der Waals surface area contributed by atoms with Gasteiger partial charge in [-0.05, 0) is 74.5 Å². The van der Waals surface area contributed by atoms with E-state index >= 15 is 0 Å². The van der Waals surface area contributed by atoms with E-state index in [4.69, 9.17) is 9.97 Å². The average molecular weight is 1050 g/mol. The van der Waals surface area contributed by atoms with E-state index in [0.29, 0.717) is 17.8 Å². The number of aromatic nitrogens is 3. The second-order valence-corrected chi connectivity index (χ2v) is 29.6. The van der Waals surface area contributed by atoms with E-state index in [9.17, 15) is 0 Å². The monoisotopic (exact) mass is 1060 g/mol. The maximum atomic E-state index is 5.30. The molecule has 3 aromatic heterocycles. The van der Waals surface area contributed by atoms with Crippen molar-refractivity contribution in [3.63, 3.8) is 0 Å². The number of benzene rings is 6. The van der Waals surface area contributed by atoms with Crippen molar-refractivity contribution in [2.24, 2.45) is 5.92 Å². The molecule has 3 nitrogen and oxygen atoms in total. The third-order valence-corrected chi connectivity index (χ3v) is 16.8. The van der Waals surface area contributed by atoms with Crippen LogP contribution in [0.15, 0.2) is 140 Å².